The molecule has 2 rings (SSSR count). The Kier molecular flexibility index (Phi) is 4.71. The van der Waals surface area contributed by atoms with E-state index >= 15 is 0 Å². The van der Waals surface area contributed by atoms with Crippen LogP contribution in [-0.4, -0.2) is 16.0 Å². The number of carbonyl (C=O) groups is 1. The average molecular weight is 270 g/mol. The number of para-hydroxylation sites is 1. The first-order valence-electron chi connectivity index (χ1n) is 6.63. The van der Waals surface area contributed by atoms with Crippen molar-refractivity contribution in [2.45, 2.75) is 25.8 Å². The zero-order chi connectivity index (χ0) is 14.4. The Morgan fingerprint density at radius 1 is 1.25 bits per heavy atom. The summed E-state index contributed by atoms with van der Waals surface area (Å²) in [4.78, 5) is 15.9. The fourth-order valence-corrected chi connectivity index (χ4v) is 2.02. The van der Waals surface area contributed by atoms with Gasteiger partial charge in [0.15, 0.2) is 0 Å². The van der Waals surface area contributed by atoms with Gasteiger partial charge in [0.2, 0.25) is 5.91 Å². The van der Waals surface area contributed by atoms with Gasteiger partial charge >= 0.3 is 0 Å². The highest BCUT2D eigenvalue weighted by atomic mass is 16.3. The summed E-state index contributed by atoms with van der Waals surface area (Å²) in [7, 11) is 0. The van der Waals surface area contributed by atoms with Crippen LogP contribution in [0.2, 0.25) is 0 Å². The van der Waals surface area contributed by atoms with Crippen molar-refractivity contribution in [3.63, 3.8) is 0 Å². The molecule has 0 bridgehead atoms. The van der Waals surface area contributed by atoms with Gasteiger partial charge in [0.1, 0.15) is 5.75 Å². The Labute approximate surface area is 118 Å². The highest BCUT2D eigenvalue weighted by Gasteiger charge is 2.10. The highest BCUT2D eigenvalue weighted by Crippen LogP contribution is 2.17. The van der Waals surface area contributed by atoms with E-state index in [9.17, 15) is 9.90 Å². The quantitative estimate of drug-likeness (QED) is 0.877. The third-order valence-electron chi connectivity index (χ3n) is 3.20. The molecule has 2 aromatic rings. The summed E-state index contributed by atoms with van der Waals surface area (Å²) in [5.74, 6) is 0.208. The van der Waals surface area contributed by atoms with E-state index in [2.05, 4.69) is 10.3 Å². The third kappa shape index (κ3) is 3.82. The zero-order valence-electron chi connectivity index (χ0n) is 11.4. The Morgan fingerprint density at radius 2 is 1.95 bits per heavy atom. The molecule has 4 heteroatoms. The first kappa shape index (κ1) is 14.1. The molecule has 1 amide bonds. The second kappa shape index (κ2) is 6.70. The van der Waals surface area contributed by atoms with Crippen LogP contribution in [-0.2, 0) is 11.2 Å². The van der Waals surface area contributed by atoms with E-state index in [0.717, 1.165) is 11.1 Å². The van der Waals surface area contributed by atoms with E-state index in [1.54, 1.807) is 24.5 Å². The number of hydrogen-bond donors (Lipinski definition) is 2. The Morgan fingerprint density at radius 3 is 2.65 bits per heavy atom. The van der Waals surface area contributed by atoms with E-state index in [1.165, 1.54) is 0 Å². The number of nitrogens with zero attached hydrogens (tertiary/aromatic N) is 1. The molecule has 2 N–H and O–H groups in total. The van der Waals surface area contributed by atoms with Crippen LogP contribution in [0, 0.1) is 0 Å². The van der Waals surface area contributed by atoms with Crippen molar-refractivity contribution in [3.8, 4) is 5.75 Å². The number of rotatable bonds is 5. The average Bonchev–Trinajstić information content (AvgIpc) is 2.47. The number of carbonyl (C=O) groups excluding carboxylic acids is 1. The topological polar surface area (TPSA) is 62.2 Å². The number of hydrogen-bond acceptors (Lipinski definition) is 3. The maximum atomic E-state index is 11.9. The maximum Gasteiger partial charge on any atom is 0.220 e. The largest absolute Gasteiger partial charge is 0.508 e. The predicted molar refractivity (Wildman–Crippen MR) is 77.2 cm³/mol. The highest BCUT2D eigenvalue weighted by molar-refractivity contribution is 5.76. The van der Waals surface area contributed by atoms with Gasteiger partial charge in [-0.1, -0.05) is 18.2 Å². The van der Waals surface area contributed by atoms with Crippen molar-refractivity contribution in [1.82, 2.24) is 10.3 Å². The summed E-state index contributed by atoms with van der Waals surface area (Å²) < 4.78 is 0. The molecule has 0 radical (unpaired) electrons. The second-order valence-electron chi connectivity index (χ2n) is 4.70. The molecule has 0 saturated carbocycles. The molecule has 1 aromatic heterocycles. The Bertz CT molecular complexity index is 570. The van der Waals surface area contributed by atoms with Gasteiger partial charge in [0.25, 0.3) is 0 Å². The standard InChI is InChI=1S/C16H18N2O2/c1-12(13-8-10-17-11-9-13)18-16(20)7-6-14-4-2-3-5-15(14)19/h2-5,8-12,19H,6-7H2,1H3,(H,18,20). The molecule has 1 aromatic carbocycles. The third-order valence-corrected chi connectivity index (χ3v) is 3.20. The number of aromatic nitrogens is 1. The number of aryl methyl sites for hydroxylation is 1. The molecule has 0 saturated heterocycles. The summed E-state index contributed by atoms with van der Waals surface area (Å²) >= 11 is 0. The van der Waals surface area contributed by atoms with Crippen LogP contribution in [0.5, 0.6) is 5.75 Å². The summed E-state index contributed by atoms with van der Waals surface area (Å²) in [6.45, 7) is 1.94. The lowest BCUT2D eigenvalue weighted by Crippen LogP contribution is -2.26. The number of aromatic hydroxyl groups is 1. The van der Waals surface area contributed by atoms with Gasteiger partial charge in [0.05, 0.1) is 6.04 Å². The number of phenolic OH excluding ortho intramolecular Hbond substituents is 1. The van der Waals surface area contributed by atoms with Gasteiger partial charge in [-0.2, -0.15) is 0 Å². The first-order chi connectivity index (χ1) is 9.66. The fourth-order valence-electron chi connectivity index (χ4n) is 2.02. The van der Waals surface area contributed by atoms with Gasteiger partial charge < -0.3 is 10.4 Å². The molecular weight excluding hydrogens is 252 g/mol. The number of benzene rings is 1. The van der Waals surface area contributed by atoms with E-state index in [0.29, 0.717) is 12.8 Å². The molecule has 0 aliphatic carbocycles. The zero-order valence-corrected chi connectivity index (χ0v) is 11.4. The van der Waals surface area contributed by atoms with Crippen LogP contribution in [0.4, 0.5) is 0 Å². The molecule has 1 atom stereocenters. The maximum absolute atomic E-state index is 11.9. The molecule has 4 nitrogen and oxygen atoms in total. The number of nitrogens with one attached hydrogen (secondary N) is 1. The van der Waals surface area contributed by atoms with E-state index in [-0.39, 0.29) is 17.7 Å². The van der Waals surface area contributed by atoms with Crippen molar-refractivity contribution < 1.29 is 9.90 Å². The van der Waals surface area contributed by atoms with Crippen LogP contribution in [0.3, 0.4) is 0 Å². The lowest BCUT2D eigenvalue weighted by atomic mass is 10.1. The van der Waals surface area contributed by atoms with Crippen molar-refractivity contribution in [2.75, 3.05) is 0 Å². The SMILES string of the molecule is CC(NC(=O)CCc1ccccc1O)c1ccncc1. The normalized spacial score (nSPS) is 11.8. The van der Waals surface area contributed by atoms with E-state index in [1.807, 2.05) is 31.2 Å². The Hall–Kier alpha value is -2.36. The van der Waals surface area contributed by atoms with Crippen LogP contribution >= 0.6 is 0 Å². The molecule has 20 heavy (non-hydrogen) atoms. The molecular formula is C16H18N2O2. The van der Waals surface area contributed by atoms with Gasteiger partial charge in [-0.25, -0.2) is 0 Å². The summed E-state index contributed by atoms with van der Waals surface area (Å²) in [6.07, 6.45) is 4.30. The summed E-state index contributed by atoms with van der Waals surface area (Å²) in [5.41, 5.74) is 1.81. The van der Waals surface area contributed by atoms with Crippen molar-refractivity contribution in [2.24, 2.45) is 0 Å². The number of amides is 1. The number of phenols is 1. The minimum atomic E-state index is -0.0464. The van der Waals surface area contributed by atoms with Crippen molar-refractivity contribution in [1.29, 1.82) is 0 Å². The fraction of sp³-hybridized carbons (Fsp3) is 0.250. The molecule has 0 aliphatic rings. The summed E-state index contributed by atoms with van der Waals surface area (Å²) in [6, 6.07) is 10.8. The van der Waals surface area contributed by atoms with Crippen LogP contribution < -0.4 is 5.32 Å². The van der Waals surface area contributed by atoms with Crippen molar-refractivity contribution >= 4 is 5.91 Å². The van der Waals surface area contributed by atoms with Crippen LogP contribution in [0.15, 0.2) is 48.8 Å². The molecule has 1 unspecified atom stereocenters. The molecule has 0 aliphatic heterocycles. The lowest BCUT2D eigenvalue weighted by Gasteiger charge is -2.14. The molecule has 104 valence electrons. The van der Waals surface area contributed by atoms with Crippen LogP contribution in [0.25, 0.3) is 0 Å². The van der Waals surface area contributed by atoms with Gasteiger partial charge in [-0.15, -0.1) is 0 Å². The number of pyridine rings is 1. The predicted octanol–water partition coefficient (Wildman–Crippen LogP) is 2.60. The van der Waals surface area contributed by atoms with Gasteiger partial charge in [-0.05, 0) is 42.7 Å². The van der Waals surface area contributed by atoms with Crippen molar-refractivity contribution in [3.05, 3.63) is 59.9 Å². The smallest absolute Gasteiger partial charge is 0.220 e. The van der Waals surface area contributed by atoms with Gasteiger partial charge in [-0.3, -0.25) is 9.78 Å². The van der Waals surface area contributed by atoms with Gasteiger partial charge in [0, 0.05) is 18.8 Å². The van der Waals surface area contributed by atoms with Crippen LogP contribution in [0.1, 0.15) is 30.5 Å². The molecule has 0 spiro atoms. The second-order valence-corrected chi connectivity index (χ2v) is 4.70. The van der Waals surface area contributed by atoms with E-state index in [4.69, 9.17) is 0 Å². The molecule has 0 fully saturated rings. The van der Waals surface area contributed by atoms with E-state index < -0.39 is 0 Å². The molecule has 1 heterocycles. The summed E-state index contributed by atoms with van der Waals surface area (Å²) in [5, 5.41) is 12.6. The monoisotopic (exact) mass is 270 g/mol. The minimum Gasteiger partial charge on any atom is -0.508 e. The first-order valence-corrected chi connectivity index (χ1v) is 6.63. The minimum absolute atomic E-state index is 0.0300. The lowest BCUT2D eigenvalue weighted by molar-refractivity contribution is -0.121. The Balaban J connectivity index is 1.86.